The van der Waals surface area contributed by atoms with Crippen LogP contribution >= 0.6 is 0 Å². The smallest absolute Gasteiger partial charge is 0.422 e. The Kier molecular flexibility index (Phi) is 2.37. The summed E-state index contributed by atoms with van der Waals surface area (Å²) in [6.45, 7) is 0.232. The van der Waals surface area contributed by atoms with Crippen molar-refractivity contribution in [1.82, 2.24) is 4.57 Å². The maximum absolute atomic E-state index is 11.7. The number of aromatic nitrogens is 1. The number of hydrogen-bond donors (Lipinski definition) is 0. The van der Waals surface area contributed by atoms with Gasteiger partial charge in [-0.25, -0.2) is 9.59 Å². The minimum Gasteiger partial charge on any atom is -0.467 e. The van der Waals surface area contributed by atoms with Crippen molar-refractivity contribution in [1.29, 1.82) is 0 Å². The van der Waals surface area contributed by atoms with E-state index >= 15 is 0 Å². The van der Waals surface area contributed by atoms with E-state index in [2.05, 4.69) is 4.42 Å². The lowest BCUT2D eigenvalue weighted by atomic mass is 10.2. The summed E-state index contributed by atoms with van der Waals surface area (Å²) in [4.78, 5) is 23.3. The average Bonchev–Trinajstić information content (AvgIpc) is 2.87. The van der Waals surface area contributed by atoms with E-state index in [0.717, 1.165) is 0 Å². The van der Waals surface area contributed by atoms with Crippen molar-refractivity contribution in [3.8, 4) is 0 Å². The zero-order chi connectivity index (χ0) is 12.5. The first-order valence-corrected chi connectivity index (χ1v) is 5.41. The standard InChI is InChI=1S/C13H9NO4/c15-12-10-5-1-2-6-11(10)14(13(16)18-12)8-9-4-3-7-17-9/h1-7H,8H2. The average molecular weight is 243 g/mol. The predicted octanol–water partition coefficient (Wildman–Crippen LogP) is 1.60. The van der Waals surface area contributed by atoms with Crippen molar-refractivity contribution in [2.45, 2.75) is 6.54 Å². The van der Waals surface area contributed by atoms with Crippen molar-refractivity contribution in [2.24, 2.45) is 0 Å². The van der Waals surface area contributed by atoms with Gasteiger partial charge in [-0.05, 0) is 24.3 Å². The molecule has 3 aromatic rings. The molecule has 0 aliphatic heterocycles. The number of hydrogen-bond acceptors (Lipinski definition) is 4. The molecule has 0 amide bonds. The van der Waals surface area contributed by atoms with E-state index in [9.17, 15) is 9.59 Å². The number of furan rings is 1. The van der Waals surface area contributed by atoms with Crippen LogP contribution < -0.4 is 11.4 Å². The highest BCUT2D eigenvalue weighted by Gasteiger charge is 2.09. The fraction of sp³-hybridized carbons (Fsp3) is 0.0769. The second-order valence-corrected chi connectivity index (χ2v) is 3.84. The first-order valence-electron chi connectivity index (χ1n) is 5.41. The summed E-state index contributed by atoms with van der Waals surface area (Å²) in [5.41, 5.74) is -0.0820. The fourth-order valence-corrected chi connectivity index (χ4v) is 1.88. The normalized spacial score (nSPS) is 10.9. The molecule has 0 saturated carbocycles. The second kappa shape index (κ2) is 4.03. The number of fused-ring (bicyclic) bond motifs is 1. The van der Waals surface area contributed by atoms with Crippen LogP contribution in [0.15, 0.2) is 61.1 Å². The molecule has 2 heterocycles. The number of rotatable bonds is 2. The van der Waals surface area contributed by atoms with Crippen LogP contribution in [0.1, 0.15) is 5.76 Å². The molecule has 5 heteroatoms. The molecule has 0 bridgehead atoms. The van der Waals surface area contributed by atoms with Gasteiger partial charge in [0.25, 0.3) is 0 Å². The quantitative estimate of drug-likeness (QED) is 0.685. The molecular weight excluding hydrogens is 234 g/mol. The SMILES string of the molecule is O=c1oc(=O)n(Cc2ccco2)c2ccccc12. The van der Waals surface area contributed by atoms with Crippen LogP contribution in [0, 0.1) is 0 Å². The lowest BCUT2D eigenvalue weighted by Gasteiger charge is -2.05. The Balaban J connectivity index is 2.28. The van der Waals surface area contributed by atoms with Gasteiger partial charge >= 0.3 is 11.4 Å². The molecule has 0 radical (unpaired) electrons. The molecule has 90 valence electrons. The van der Waals surface area contributed by atoms with E-state index in [1.165, 1.54) is 10.8 Å². The van der Waals surface area contributed by atoms with Crippen LogP contribution in [0.4, 0.5) is 0 Å². The molecular formula is C13H9NO4. The Morgan fingerprint density at radius 2 is 1.89 bits per heavy atom. The van der Waals surface area contributed by atoms with Gasteiger partial charge in [0.2, 0.25) is 0 Å². The van der Waals surface area contributed by atoms with Crippen LogP contribution in [0.2, 0.25) is 0 Å². The Morgan fingerprint density at radius 1 is 1.06 bits per heavy atom. The van der Waals surface area contributed by atoms with Gasteiger partial charge in [-0.2, -0.15) is 0 Å². The summed E-state index contributed by atoms with van der Waals surface area (Å²) in [6.07, 6.45) is 1.53. The molecule has 18 heavy (non-hydrogen) atoms. The lowest BCUT2D eigenvalue weighted by molar-refractivity contribution is 0.408. The summed E-state index contributed by atoms with van der Waals surface area (Å²) in [6, 6.07) is 10.3. The van der Waals surface area contributed by atoms with Crippen molar-refractivity contribution in [2.75, 3.05) is 0 Å². The molecule has 0 unspecified atom stereocenters. The minimum atomic E-state index is -0.685. The third-order valence-corrected chi connectivity index (χ3v) is 2.71. The topological polar surface area (TPSA) is 65.3 Å². The van der Waals surface area contributed by atoms with Gasteiger partial charge in [-0.1, -0.05) is 12.1 Å². The van der Waals surface area contributed by atoms with E-state index in [1.54, 1.807) is 36.4 Å². The van der Waals surface area contributed by atoms with Crippen LogP contribution in [-0.4, -0.2) is 4.57 Å². The third-order valence-electron chi connectivity index (χ3n) is 2.71. The Morgan fingerprint density at radius 3 is 2.67 bits per heavy atom. The Hall–Kier alpha value is -2.56. The van der Waals surface area contributed by atoms with Gasteiger partial charge in [-0.15, -0.1) is 0 Å². The molecule has 1 aromatic carbocycles. The summed E-state index contributed by atoms with van der Waals surface area (Å²) < 4.78 is 11.2. The van der Waals surface area contributed by atoms with Crippen LogP contribution in [0.5, 0.6) is 0 Å². The monoisotopic (exact) mass is 243 g/mol. The van der Waals surface area contributed by atoms with Crippen LogP contribution in [0.25, 0.3) is 10.9 Å². The first kappa shape index (κ1) is 10.6. The third kappa shape index (κ3) is 1.66. The minimum absolute atomic E-state index is 0.232. The molecule has 2 aromatic heterocycles. The summed E-state index contributed by atoms with van der Waals surface area (Å²) in [5.74, 6) is -0.0637. The zero-order valence-corrected chi connectivity index (χ0v) is 9.33. The first-order chi connectivity index (χ1) is 8.75. The van der Waals surface area contributed by atoms with Crippen LogP contribution in [-0.2, 0) is 6.54 Å². The fourth-order valence-electron chi connectivity index (χ4n) is 1.88. The maximum Gasteiger partial charge on any atom is 0.422 e. The van der Waals surface area contributed by atoms with Crippen molar-refractivity contribution in [3.63, 3.8) is 0 Å². The van der Waals surface area contributed by atoms with Crippen molar-refractivity contribution in [3.05, 3.63) is 69.4 Å². The molecule has 0 fully saturated rings. The van der Waals surface area contributed by atoms with E-state index in [4.69, 9.17) is 4.42 Å². The summed E-state index contributed by atoms with van der Waals surface area (Å²) in [7, 11) is 0. The zero-order valence-electron chi connectivity index (χ0n) is 9.33. The highest BCUT2D eigenvalue weighted by atomic mass is 16.4. The maximum atomic E-state index is 11.7. The Bertz CT molecular complexity index is 796. The van der Waals surface area contributed by atoms with E-state index < -0.39 is 11.4 Å². The van der Waals surface area contributed by atoms with Crippen LogP contribution in [0.3, 0.4) is 0 Å². The van der Waals surface area contributed by atoms with Gasteiger partial charge in [0.15, 0.2) is 0 Å². The molecule has 0 aliphatic carbocycles. The van der Waals surface area contributed by atoms with Gasteiger partial charge in [0.1, 0.15) is 5.76 Å². The lowest BCUT2D eigenvalue weighted by Crippen LogP contribution is -2.25. The number of para-hydroxylation sites is 1. The Labute approximate surface area is 101 Å². The van der Waals surface area contributed by atoms with Crippen molar-refractivity contribution < 1.29 is 8.83 Å². The highest BCUT2D eigenvalue weighted by molar-refractivity contribution is 5.77. The predicted molar refractivity (Wildman–Crippen MR) is 64.6 cm³/mol. The van der Waals surface area contributed by atoms with Gasteiger partial charge in [-0.3, -0.25) is 4.57 Å². The van der Waals surface area contributed by atoms with E-state index in [1.807, 2.05) is 0 Å². The number of benzene rings is 1. The molecule has 3 rings (SSSR count). The summed E-state index contributed by atoms with van der Waals surface area (Å²) in [5, 5.41) is 0.378. The second-order valence-electron chi connectivity index (χ2n) is 3.84. The molecule has 5 nitrogen and oxygen atoms in total. The molecule has 0 N–H and O–H groups in total. The highest BCUT2D eigenvalue weighted by Crippen LogP contribution is 2.10. The van der Waals surface area contributed by atoms with E-state index in [-0.39, 0.29) is 6.54 Å². The van der Waals surface area contributed by atoms with Crippen molar-refractivity contribution >= 4 is 10.9 Å². The number of nitrogens with zero attached hydrogens (tertiary/aromatic N) is 1. The van der Waals surface area contributed by atoms with Gasteiger partial charge < -0.3 is 8.83 Å². The molecule has 0 atom stereocenters. The largest absolute Gasteiger partial charge is 0.467 e. The van der Waals surface area contributed by atoms with Gasteiger partial charge in [0, 0.05) is 0 Å². The van der Waals surface area contributed by atoms with Gasteiger partial charge in [0.05, 0.1) is 23.7 Å². The molecule has 0 saturated heterocycles. The van der Waals surface area contributed by atoms with E-state index in [0.29, 0.717) is 16.7 Å². The molecule has 0 spiro atoms. The summed E-state index contributed by atoms with van der Waals surface area (Å²) >= 11 is 0. The molecule has 0 aliphatic rings.